The van der Waals surface area contributed by atoms with Gasteiger partial charge >= 0.3 is 0 Å². The van der Waals surface area contributed by atoms with E-state index >= 15 is 0 Å². The van der Waals surface area contributed by atoms with Gasteiger partial charge in [0.1, 0.15) is 6.07 Å². The molecule has 2 aromatic rings. The van der Waals surface area contributed by atoms with Crippen molar-refractivity contribution < 1.29 is 9.53 Å². The van der Waals surface area contributed by atoms with Crippen LogP contribution >= 0.6 is 0 Å². The number of hydrogen-bond acceptors (Lipinski definition) is 5. The zero-order chi connectivity index (χ0) is 19.2. The number of fused-ring (bicyclic) bond motifs is 3. The van der Waals surface area contributed by atoms with Gasteiger partial charge in [0, 0.05) is 22.5 Å². The van der Waals surface area contributed by atoms with Gasteiger partial charge in [-0.05, 0) is 18.8 Å². The Hall–Kier alpha value is -3.00. The van der Waals surface area contributed by atoms with Gasteiger partial charge < -0.3 is 4.74 Å². The number of nitrogens with zero attached hydrogens (tertiary/aromatic N) is 3. The Bertz CT molecular complexity index is 991. The summed E-state index contributed by atoms with van der Waals surface area (Å²) in [6, 6.07) is 11.9. The van der Waals surface area contributed by atoms with Crippen LogP contribution in [0.1, 0.15) is 31.5 Å². The SMILES string of the molecule is COc1nc(-c2ccccc2)nc2c1CC[C@H]1[C@H](C)C(=O)C(C#N)=C[C@]21C. The molecule has 5 nitrogen and oxygen atoms in total. The van der Waals surface area contributed by atoms with Crippen molar-refractivity contribution in [3.63, 3.8) is 0 Å². The van der Waals surface area contributed by atoms with E-state index in [0.29, 0.717) is 11.7 Å². The molecule has 0 amide bonds. The van der Waals surface area contributed by atoms with Crippen molar-refractivity contribution in [1.29, 1.82) is 5.26 Å². The summed E-state index contributed by atoms with van der Waals surface area (Å²) in [5.41, 5.74) is 2.50. The van der Waals surface area contributed by atoms with Gasteiger partial charge in [0.05, 0.1) is 18.4 Å². The van der Waals surface area contributed by atoms with Crippen LogP contribution in [-0.2, 0) is 16.6 Å². The average molecular weight is 359 g/mol. The van der Waals surface area contributed by atoms with E-state index < -0.39 is 5.41 Å². The molecule has 3 atom stereocenters. The van der Waals surface area contributed by atoms with Crippen molar-refractivity contribution in [1.82, 2.24) is 9.97 Å². The molecule has 27 heavy (non-hydrogen) atoms. The molecule has 0 N–H and O–H groups in total. The van der Waals surface area contributed by atoms with Crippen LogP contribution < -0.4 is 4.74 Å². The van der Waals surface area contributed by atoms with Crippen LogP contribution in [0.4, 0.5) is 0 Å². The summed E-state index contributed by atoms with van der Waals surface area (Å²) in [6.45, 7) is 4.01. The number of hydrogen-bond donors (Lipinski definition) is 0. The minimum atomic E-state index is -0.494. The highest BCUT2D eigenvalue weighted by atomic mass is 16.5. The average Bonchev–Trinajstić information content (AvgIpc) is 2.70. The smallest absolute Gasteiger partial charge is 0.220 e. The molecule has 0 bridgehead atoms. The molecule has 0 radical (unpaired) electrons. The molecular weight excluding hydrogens is 338 g/mol. The van der Waals surface area contributed by atoms with Crippen LogP contribution in [0.25, 0.3) is 11.4 Å². The van der Waals surface area contributed by atoms with Gasteiger partial charge in [0.25, 0.3) is 0 Å². The van der Waals surface area contributed by atoms with Gasteiger partial charge in [-0.1, -0.05) is 50.3 Å². The number of nitriles is 1. The zero-order valence-corrected chi connectivity index (χ0v) is 15.7. The number of methoxy groups -OCH3 is 1. The van der Waals surface area contributed by atoms with Crippen molar-refractivity contribution in [2.45, 2.75) is 32.1 Å². The summed E-state index contributed by atoms with van der Waals surface area (Å²) < 4.78 is 5.60. The minimum Gasteiger partial charge on any atom is -0.481 e. The van der Waals surface area contributed by atoms with Gasteiger partial charge in [-0.15, -0.1) is 0 Å². The number of rotatable bonds is 2. The highest BCUT2D eigenvalue weighted by Gasteiger charge is 2.49. The van der Waals surface area contributed by atoms with Crippen LogP contribution in [0, 0.1) is 23.2 Å². The number of ketones is 1. The second-order valence-electron chi connectivity index (χ2n) is 7.50. The molecule has 0 aliphatic heterocycles. The van der Waals surface area contributed by atoms with Crippen molar-refractivity contribution in [2.24, 2.45) is 11.8 Å². The molecule has 1 heterocycles. The maximum Gasteiger partial charge on any atom is 0.220 e. The third-order valence-electron chi connectivity index (χ3n) is 6.03. The number of Topliss-reactive ketones (excluding diaryl/α,β-unsaturated/α-hetero) is 1. The van der Waals surface area contributed by atoms with Crippen molar-refractivity contribution in [3.8, 4) is 23.3 Å². The van der Waals surface area contributed by atoms with E-state index in [4.69, 9.17) is 9.72 Å². The Morgan fingerprint density at radius 2 is 2.00 bits per heavy atom. The van der Waals surface area contributed by atoms with E-state index in [0.717, 1.165) is 29.7 Å². The van der Waals surface area contributed by atoms with Gasteiger partial charge in [-0.25, -0.2) is 4.98 Å². The third kappa shape index (κ3) is 2.56. The molecule has 136 valence electrons. The summed E-state index contributed by atoms with van der Waals surface area (Å²) >= 11 is 0. The Morgan fingerprint density at radius 3 is 2.67 bits per heavy atom. The largest absolute Gasteiger partial charge is 0.481 e. The summed E-state index contributed by atoms with van der Waals surface area (Å²) in [4.78, 5) is 22.1. The van der Waals surface area contributed by atoms with E-state index in [-0.39, 0.29) is 23.2 Å². The van der Waals surface area contributed by atoms with Crippen molar-refractivity contribution in [2.75, 3.05) is 7.11 Å². The standard InChI is InChI=1S/C22H21N3O2/c1-13-17-10-9-16-19(22(17,2)11-15(12-23)18(13)26)24-20(25-21(16)27-3)14-7-5-4-6-8-14/h4-8,11,13,17H,9-10H2,1-3H3/t13-,17-,22-/m0/s1. The summed E-state index contributed by atoms with van der Waals surface area (Å²) in [6.07, 6.45) is 3.43. The first-order chi connectivity index (χ1) is 13.0. The number of carbonyl (C=O) groups excluding carboxylic acids is 1. The van der Waals surface area contributed by atoms with Gasteiger partial charge in [0.15, 0.2) is 11.6 Å². The molecule has 0 fully saturated rings. The number of ether oxygens (including phenoxy) is 1. The maximum atomic E-state index is 12.5. The lowest BCUT2D eigenvalue weighted by Crippen LogP contribution is -2.46. The number of carbonyl (C=O) groups is 1. The van der Waals surface area contributed by atoms with Crippen molar-refractivity contribution >= 4 is 5.78 Å². The first kappa shape index (κ1) is 17.4. The second-order valence-corrected chi connectivity index (χ2v) is 7.50. The highest BCUT2D eigenvalue weighted by molar-refractivity contribution is 6.02. The number of allylic oxidation sites excluding steroid dienone is 2. The third-order valence-corrected chi connectivity index (χ3v) is 6.03. The van der Waals surface area contributed by atoms with Crippen LogP contribution in [0.3, 0.4) is 0 Å². The van der Waals surface area contributed by atoms with Gasteiger partial charge in [-0.2, -0.15) is 10.2 Å². The predicted octanol–water partition coefficient (Wildman–Crippen LogP) is 3.64. The Labute approximate surface area is 158 Å². The molecule has 0 saturated carbocycles. The first-order valence-electron chi connectivity index (χ1n) is 9.17. The highest BCUT2D eigenvalue weighted by Crippen LogP contribution is 2.50. The van der Waals surface area contributed by atoms with E-state index in [1.165, 1.54) is 0 Å². The van der Waals surface area contributed by atoms with Crippen LogP contribution in [0.5, 0.6) is 5.88 Å². The second kappa shape index (κ2) is 6.31. The van der Waals surface area contributed by atoms with Gasteiger partial charge in [0.2, 0.25) is 5.88 Å². The van der Waals surface area contributed by atoms with Crippen LogP contribution in [0.2, 0.25) is 0 Å². The fraction of sp³-hybridized carbons (Fsp3) is 0.364. The molecule has 5 heteroatoms. The summed E-state index contributed by atoms with van der Waals surface area (Å²) in [5, 5.41) is 9.47. The Balaban J connectivity index is 1.98. The van der Waals surface area contributed by atoms with Crippen LogP contribution in [0.15, 0.2) is 42.0 Å². The maximum absolute atomic E-state index is 12.5. The molecule has 0 saturated heterocycles. The van der Waals surface area contributed by atoms with E-state index in [2.05, 4.69) is 18.0 Å². The lowest BCUT2D eigenvalue weighted by Gasteiger charge is -2.45. The molecule has 0 spiro atoms. The number of benzene rings is 1. The van der Waals surface area contributed by atoms with E-state index in [1.54, 1.807) is 7.11 Å². The molecule has 2 aliphatic carbocycles. The summed E-state index contributed by atoms with van der Waals surface area (Å²) in [5.74, 6) is 1.02. The zero-order valence-electron chi connectivity index (χ0n) is 15.7. The topological polar surface area (TPSA) is 75.9 Å². The normalized spacial score (nSPS) is 26.4. The molecule has 4 rings (SSSR count). The fourth-order valence-corrected chi connectivity index (χ4v) is 4.63. The Morgan fingerprint density at radius 1 is 1.26 bits per heavy atom. The van der Waals surface area contributed by atoms with Crippen LogP contribution in [-0.4, -0.2) is 22.9 Å². The first-order valence-corrected chi connectivity index (χ1v) is 9.17. The fourth-order valence-electron chi connectivity index (χ4n) is 4.63. The Kier molecular flexibility index (Phi) is 4.07. The quantitative estimate of drug-likeness (QED) is 0.818. The molecule has 1 aromatic heterocycles. The molecule has 2 aliphatic rings. The van der Waals surface area contributed by atoms with E-state index in [9.17, 15) is 10.1 Å². The predicted molar refractivity (Wildman–Crippen MR) is 101 cm³/mol. The lowest BCUT2D eigenvalue weighted by atomic mass is 9.58. The summed E-state index contributed by atoms with van der Waals surface area (Å²) in [7, 11) is 1.62. The molecular formula is C22H21N3O2. The molecule has 0 unspecified atom stereocenters. The number of aromatic nitrogens is 2. The van der Waals surface area contributed by atoms with E-state index in [1.807, 2.05) is 43.3 Å². The lowest BCUT2D eigenvalue weighted by molar-refractivity contribution is -0.121. The van der Waals surface area contributed by atoms with Crippen molar-refractivity contribution in [3.05, 3.63) is 53.2 Å². The minimum absolute atomic E-state index is 0.0623. The monoisotopic (exact) mass is 359 g/mol. The van der Waals surface area contributed by atoms with Gasteiger partial charge in [-0.3, -0.25) is 4.79 Å². The molecule has 1 aromatic carbocycles.